The van der Waals surface area contributed by atoms with Crippen LogP contribution in [0.3, 0.4) is 0 Å². The zero-order chi connectivity index (χ0) is 42.6. The first kappa shape index (κ1) is 43.4. The number of amides is 2. The molecule has 0 bridgehead atoms. The maximum Gasteiger partial charge on any atom is 0.271 e. The molecule has 4 aromatic rings. The van der Waals surface area contributed by atoms with E-state index in [0.29, 0.717) is 24.0 Å². The number of non-ortho nitro benzene ring substituents is 1. The van der Waals surface area contributed by atoms with Gasteiger partial charge in [-0.3, -0.25) is 19.7 Å². The van der Waals surface area contributed by atoms with Crippen molar-refractivity contribution in [1.29, 1.82) is 0 Å². The molecule has 6 rings (SSSR count). The van der Waals surface area contributed by atoms with E-state index in [-0.39, 0.29) is 35.2 Å². The Kier molecular flexibility index (Phi) is 13.2. The highest BCUT2D eigenvalue weighted by Crippen LogP contribution is 2.48. The van der Waals surface area contributed by atoms with Gasteiger partial charge in [-0.25, -0.2) is 4.90 Å². The maximum atomic E-state index is 14.4. The Morgan fingerprint density at radius 1 is 0.932 bits per heavy atom. The summed E-state index contributed by atoms with van der Waals surface area (Å²) in [5.41, 5.74) is 4.67. The summed E-state index contributed by atoms with van der Waals surface area (Å²) in [5, 5.41) is 47.4. The molecular weight excluding hydrogens is 761 g/mol. The van der Waals surface area contributed by atoms with Crippen molar-refractivity contribution in [3.8, 4) is 5.75 Å². The molecule has 59 heavy (non-hydrogen) atoms. The number of anilines is 1. The molecule has 1 saturated heterocycles. The van der Waals surface area contributed by atoms with E-state index < -0.39 is 55.5 Å². The third-order valence-corrected chi connectivity index (χ3v) is 17.1. The molecule has 0 radical (unpaired) electrons. The van der Waals surface area contributed by atoms with Gasteiger partial charge in [0.2, 0.25) is 11.8 Å². The number of nitro benzene ring substituents is 1. The van der Waals surface area contributed by atoms with Crippen LogP contribution in [0.15, 0.2) is 114 Å². The van der Waals surface area contributed by atoms with Crippen LogP contribution < -0.4 is 15.3 Å². The van der Waals surface area contributed by atoms with Crippen molar-refractivity contribution in [2.75, 3.05) is 18.1 Å². The Morgan fingerprint density at radius 2 is 1.54 bits per heavy atom. The molecular formula is C48H56N2O8Si. The summed E-state index contributed by atoms with van der Waals surface area (Å²) < 4.78 is 7.39. The minimum atomic E-state index is -3.11. The van der Waals surface area contributed by atoms with Crippen molar-refractivity contribution in [3.05, 3.63) is 141 Å². The van der Waals surface area contributed by atoms with Crippen LogP contribution >= 0.6 is 0 Å². The van der Waals surface area contributed by atoms with Crippen molar-refractivity contribution in [2.45, 2.75) is 84.8 Å². The van der Waals surface area contributed by atoms with Gasteiger partial charge in [0.05, 0.1) is 41.8 Å². The minimum Gasteiger partial charge on any atom is -0.507 e. The Labute approximate surface area is 348 Å². The van der Waals surface area contributed by atoms with Crippen molar-refractivity contribution >= 4 is 48.0 Å². The van der Waals surface area contributed by atoms with Crippen LogP contribution in [-0.2, 0) is 14.0 Å². The topological polar surface area (TPSA) is 150 Å². The number of benzene rings is 4. The largest absolute Gasteiger partial charge is 0.507 e. The number of nitrogens with zero attached hydrogens (tertiary/aromatic N) is 2. The van der Waals surface area contributed by atoms with Gasteiger partial charge in [0.1, 0.15) is 5.75 Å². The van der Waals surface area contributed by atoms with Gasteiger partial charge in [-0.1, -0.05) is 112 Å². The summed E-state index contributed by atoms with van der Waals surface area (Å²) in [7, 11) is -3.11. The number of carbonyl (C=O) groups excluding carboxylic acids is 2. The van der Waals surface area contributed by atoms with Gasteiger partial charge < -0.3 is 19.7 Å². The molecule has 3 N–H and O–H groups in total. The quantitative estimate of drug-likeness (QED) is 0.0360. The van der Waals surface area contributed by atoms with Gasteiger partial charge >= 0.3 is 0 Å². The molecule has 1 aliphatic carbocycles. The van der Waals surface area contributed by atoms with E-state index in [9.17, 15) is 35.0 Å². The Balaban J connectivity index is 1.44. The predicted molar refractivity (Wildman–Crippen MR) is 234 cm³/mol. The first-order valence-electron chi connectivity index (χ1n) is 20.5. The lowest BCUT2D eigenvalue weighted by Crippen LogP contribution is -2.66. The molecule has 2 aliphatic rings. The highest BCUT2D eigenvalue weighted by molar-refractivity contribution is 6.99. The second-order valence-corrected chi connectivity index (χ2v) is 21.3. The molecule has 2 amide bonds. The maximum absolute atomic E-state index is 14.4. The van der Waals surface area contributed by atoms with E-state index in [0.717, 1.165) is 50.4 Å². The molecule has 1 aliphatic heterocycles. The molecule has 11 heteroatoms. The molecule has 0 spiro atoms. The SMILES string of the molecule is CCC/C(=C\c1cc(C)c(O)c(C)c1)CC[C@@H](O)C1=C(CO[Si](c2ccccc2)(c2ccccc2)C(C)(C)C)C[C@H]2C(=O)N(c3cccc([N+](=O)[O-])c3)C(=O)[C@H]2[C@H]1CO. The molecule has 1 heterocycles. The molecule has 10 nitrogen and oxygen atoms in total. The average Bonchev–Trinajstić information content (AvgIpc) is 3.46. The van der Waals surface area contributed by atoms with Crippen LogP contribution in [-0.4, -0.2) is 59.7 Å². The lowest BCUT2D eigenvalue weighted by atomic mass is 9.68. The molecule has 0 aromatic heterocycles. The number of aliphatic hydroxyl groups is 2. The number of carbonyl (C=O) groups is 2. The van der Waals surface area contributed by atoms with Gasteiger partial charge in [-0.2, -0.15) is 0 Å². The van der Waals surface area contributed by atoms with Gasteiger partial charge in [-0.05, 0) is 101 Å². The zero-order valence-electron chi connectivity index (χ0n) is 34.9. The highest BCUT2D eigenvalue weighted by atomic mass is 28.4. The Bertz CT molecular complexity index is 2190. The van der Waals surface area contributed by atoms with Gasteiger partial charge in [0.15, 0.2) is 0 Å². The monoisotopic (exact) mass is 816 g/mol. The van der Waals surface area contributed by atoms with Crippen LogP contribution in [0.1, 0.15) is 76.5 Å². The molecule has 0 unspecified atom stereocenters. The number of aliphatic hydroxyl groups excluding tert-OH is 2. The number of imide groups is 1. The number of rotatable bonds is 15. The number of hydrogen-bond acceptors (Lipinski definition) is 8. The summed E-state index contributed by atoms with van der Waals surface area (Å²) in [5.74, 6) is -3.54. The van der Waals surface area contributed by atoms with Crippen LogP contribution in [0.5, 0.6) is 5.75 Å². The van der Waals surface area contributed by atoms with Gasteiger partial charge in [0.25, 0.3) is 14.0 Å². The number of aryl methyl sites for hydroxylation is 2. The van der Waals surface area contributed by atoms with Crippen LogP contribution in [0.2, 0.25) is 5.04 Å². The fourth-order valence-corrected chi connectivity index (χ4v) is 14.0. The fourth-order valence-electron chi connectivity index (χ4n) is 9.43. The average molecular weight is 817 g/mol. The van der Waals surface area contributed by atoms with Crippen LogP contribution in [0.25, 0.3) is 6.08 Å². The Morgan fingerprint density at radius 3 is 2.08 bits per heavy atom. The smallest absolute Gasteiger partial charge is 0.271 e. The third-order valence-electron chi connectivity index (χ3n) is 12.1. The van der Waals surface area contributed by atoms with Crippen molar-refractivity contribution in [2.24, 2.45) is 17.8 Å². The molecule has 4 atom stereocenters. The van der Waals surface area contributed by atoms with Crippen LogP contribution in [0.4, 0.5) is 11.4 Å². The second-order valence-electron chi connectivity index (χ2n) is 17.0. The van der Waals surface area contributed by atoms with Gasteiger partial charge in [-0.15, -0.1) is 0 Å². The number of phenolic OH excluding ortho intramolecular Hbond substituents is 1. The van der Waals surface area contributed by atoms with E-state index in [2.05, 4.69) is 58.0 Å². The Hall–Kier alpha value is -5.20. The van der Waals surface area contributed by atoms with Crippen molar-refractivity contribution in [1.82, 2.24) is 0 Å². The third kappa shape index (κ3) is 8.61. The number of hydrogen-bond donors (Lipinski definition) is 3. The van der Waals surface area contributed by atoms with E-state index in [1.165, 1.54) is 24.3 Å². The lowest BCUT2D eigenvalue weighted by Gasteiger charge is -2.44. The van der Waals surface area contributed by atoms with E-state index >= 15 is 0 Å². The fraction of sp³-hybridized carbons (Fsp3) is 0.375. The first-order chi connectivity index (χ1) is 28.1. The predicted octanol–water partition coefficient (Wildman–Crippen LogP) is 7.93. The minimum absolute atomic E-state index is 0.0569. The summed E-state index contributed by atoms with van der Waals surface area (Å²) >= 11 is 0. The number of aromatic hydroxyl groups is 1. The molecule has 310 valence electrons. The van der Waals surface area contributed by atoms with Crippen molar-refractivity contribution in [3.63, 3.8) is 0 Å². The highest BCUT2D eigenvalue weighted by Gasteiger charge is 2.56. The molecule has 1 fully saturated rings. The number of allylic oxidation sites excluding steroid dienone is 1. The van der Waals surface area contributed by atoms with Crippen molar-refractivity contribution < 1.29 is 34.3 Å². The zero-order valence-corrected chi connectivity index (χ0v) is 35.9. The number of phenols is 1. The molecule has 4 aromatic carbocycles. The number of nitro groups is 1. The van der Waals surface area contributed by atoms with E-state index in [1.807, 2.05) is 62.4 Å². The first-order valence-corrected chi connectivity index (χ1v) is 22.4. The molecule has 0 saturated carbocycles. The lowest BCUT2D eigenvalue weighted by molar-refractivity contribution is -0.384. The van der Waals surface area contributed by atoms with E-state index in [1.54, 1.807) is 0 Å². The van der Waals surface area contributed by atoms with Crippen LogP contribution in [0, 0.1) is 41.7 Å². The van der Waals surface area contributed by atoms with Gasteiger partial charge in [0, 0.05) is 18.1 Å². The normalized spacial score (nSPS) is 19.3. The number of fused-ring (bicyclic) bond motifs is 1. The summed E-state index contributed by atoms with van der Waals surface area (Å²) in [6.45, 7) is 11.9. The summed E-state index contributed by atoms with van der Waals surface area (Å²) in [4.78, 5) is 40.9. The second kappa shape index (κ2) is 18.0. The summed E-state index contributed by atoms with van der Waals surface area (Å²) in [6.07, 6.45) is 3.63. The summed E-state index contributed by atoms with van der Waals surface area (Å²) in [6, 6.07) is 29.7. The van der Waals surface area contributed by atoms with E-state index in [4.69, 9.17) is 4.43 Å². The standard InChI is InChI=1S/C48H56N2O8Si/c1-7-15-33(26-34-24-31(2)45(53)32(3)25-34)22-23-42(52)43-35(30-58-59(48(4,5)6,38-18-10-8-11-19-38)39-20-12-9-13-21-39)27-40-44(41(43)29-51)47(55)49(46(40)54)36-16-14-17-37(28-36)50(56)57/h8-14,16-21,24-26,28,40-42,44,51-53H,7,15,22-23,27,29-30H2,1-6H3/b33-26+/t40-,41+,42-,44-/m1/s1.